The summed E-state index contributed by atoms with van der Waals surface area (Å²) in [7, 11) is 0. The number of carbonyl (C=O) groups excluding carboxylic acids is 1. The van der Waals surface area contributed by atoms with E-state index in [2.05, 4.69) is 44.7 Å². The summed E-state index contributed by atoms with van der Waals surface area (Å²) in [6.45, 7) is 1.75. The fourth-order valence-electron chi connectivity index (χ4n) is 3.13. The summed E-state index contributed by atoms with van der Waals surface area (Å²) in [5.41, 5.74) is 4.26. The number of nitrogens with one attached hydrogen (secondary N) is 1. The third kappa shape index (κ3) is 4.30. The molecule has 0 spiro atoms. The zero-order valence-corrected chi connectivity index (χ0v) is 17.4. The van der Waals surface area contributed by atoms with Crippen LogP contribution in [0, 0.1) is 0 Å². The lowest BCUT2D eigenvalue weighted by Crippen LogP contribution is -2.25. The molecule has 0 aliphatic carbocycles. The predicted molar refractivity (Wildman–Crippen MR) is 121 cm³/mol. The number of carbonyl (C=O) groups is 1. The van der Waals surface area contributed by atoms with Gasteiger partial charge in [0.2, 0.25) is 0 Å². The Kier molecular flexibility index (Phi) is 5.58. The molecule has 4 rings (SSSR count). The maximum Gasteiger partial charge on any atom is 0.277 e. The average molecular weight is 447 g/mol. The van der Waals surface area contributed by atoms with Crippen molar-refractivity contribution in [1.29, 1.82) is 0 Å². The Morgan fingerprint density at radius 1 is 0.931 bits per heavy atom. The molecule has 4 aromatic rings. The maximum absolute atomic E-state index is 12.2. The van der Waals surface area contributed by atoms with Crippen LogP contribution in [0.3, 0.4) is 0 Å². The second-order valence-corrected chi connectivity index (χ2v) is 7.47. The summed E-state index contributed by atoms with van der Waals surface area (Å²) in [6.07, 6.45) is 0. The van der Waals surface area contributed by atoms with Gasteiger partial charge in [-0.2, -0.15) is 5.10 Å². The number of ether oxygens (including phenoxy) is 1. The molecule has 0 atom stereocenters. The van der Waals surface area contributed by atoms with Crippen LogP contribution < -0.4 is 10.2 Å². The summed E-state index contributed by atoms with van der Waals surface area (Å²) < 4.78 is 6.51. The number of halogens is 1. The minimum atomic E-state index is -0.315. The van der Waals surface area contributed by atoms with E-state index in [1.165, 1.54) is 5.39 Å². The SMILES string of the molecule is C/C(=N/NC(=O)COc1ccc2ccccc2c1Br)c1ccc2ccccc2c1. The van der Waals surface area contributed by atoms with Crippen LogP contribution in [0.4, 0.5) is 0 Å². The first-order chi connectivity index (χ1) is 14.1. The van der Waals surface area contributed by atoms with E-state index < -0.39 is 0 Å². The zero-order valence-electron chi connectivity index (χ0n) is 15.9. The zero-order chi connectivity index (χ0) is 20.2. The van der Waals surface area contributed by atoms with Crippen molar-refractivity contribution in [2.45, 2.75) is 6.92 Å². The quantitative estimate of drug-likeness (QED) is 0.316. The molecule has 0 saturated carbocycles. The van der Waals surface area contributed by atoms with Crippen molar-refractivity contribution in [2.24, 2.45) is 5.10 Å². The highest BCUT2D eigenvalue weighted by Crippen LogP contribution is 2.32. The molecule has 0 unspecified atom stereocenters. The number of amides is 1. The molecule has 1 amide bonds. The van der Waals surface area contributed by atoms with Gasteiger partial charge in [0.25, 0.3) is 5.91 Å². The van der Waals surface area contributed by atoms with Gasteiger partial charge in [-0.3, -0.25) is 4.79 Å². The summed E-state index contributed by atoms with van der Waals surface area (Å²) >= 11 is 3.56. The lowest BCUT2D eigenvalue weighted by molar-refractivity contribution is -0.123. The van der Waals surface area contributed by atoms with Gasteiger partial charge in [-0.1, -0.05) is 66.7 Å². The summed E-state index contributed by atoms with van der Waals surface area (Å²) in [5.74, 6) is 0.305. The van der Waals surface area contributed by atoms with Crippen LogP contribution in [0.15, 0.2) is 88.4 Å². The fraction of sp³-hybridized carbons (Fsp3) is 0.0833. The number of fused-ring (bicyclic) bond motifs is 2. The second-order valence-electron chi connectivity index (χ2n) is 6.68. The predicted octanol–water partition coefficient (Wildman–Crippen LogP) is 5.67. The van der Waals surface area contributed by atoms with Gasteiger partial charge in [0.1, 0.15) is 5.75 Å². The van der Waals surface area contributed by atoms with Gasteiger partial charge in [-0.15, -0.1) is 0 Å². The fourth-order valence-corrected chi connectivity index (χ4v) is 3.73. The van der Waals surface area contributed by atoms with E-state index in [0.717, 1.165) is 31.9 Å². The minimum Gasteiger partial charge on any atom is -0.483 e. The minimum absolute atomic E-state index is 0.120. The highest BCUT2D eigenvalue weighted by Gasteiger charge is 2.08. The molecule has 144 valence electrons. The van der Waals surface area contributed by atoms with Gasteiger partial charge in [-0.25, -0.2) is 5.43 Å². The first kappa shape index (κ1) is 19.2. The van der Waals surface area contributed by atoms with Crippen LogP contribution in [0.1, 0.15) is 12.5 Å². The van der Waals surface area contributed by atoms with Crippen LogP contribution in [-0.2, 0) is 4.79 Å². The molecule has 4 aromatic carbocycles. The van der Waals surface area contributed by atoms with Gasteiger partial charge in [0.15, 0.2) is 6.61 Å². The summed E-state index contributed by atoms with van der Waals surface area (Å²) in [4.78, 5) is 12.2. The number of benzene rings is 4. The number of rotatable bonds is 5. The Morgan fingerprint density at radius 3 is 2.45 bits per heavy atom. The van der Waals surface area contributed by atoms with E-state index in [9.17, 15) is 4.79 Å². The highest BCUT2D eigenvalue weighted by atomic mass is 79.9. The van der Waals surface area contributed by atoms with Gasteiger partial charge in [0.05, 0.1) is 10.2 Å². The van der Waals surface area contributed by atoms with Gasteiger partial charge < -0.3 is 4.74 Å². The van der Waals surface area contributed by atoms with Crippen molar-refractivity contribution in [1.82, 2.24) is 5.43 Å². The van der Waals surface area contributed by atoms with Crippen LogP contribution in [0.2, 0.25) is 0 Å². The van der Waals surface area contributed by atoms with Crippen molar-refractivity contribution in [2.75, 3.05) is 6.61 Å². The molecule has 0 aliphatic rings. The molecule has 0 saturated heterocycles. The molecule has 5 heteroatoms. The molecule has 0 aromatic heterocycles. The monoisotopic (exact) mass is 446 g/mol. The number of hydrazone groups is 1. The van der Waals surface area contributed by atoms with Crippen LogP contribution in [0.25, 0.3) is 21.5 Å². The molecule has 29 heavy (non-hydrogen) atoms. The summed E-state index contributed by atoms with van der Waals surface area (Å²) in [5, 5.41) is 8.66. The van der Waals surface area contributed by atoms with Gasteiger partial charge in [-0.05, 0) is 62.1 Å². The highest BCUT2D eigenvalue weighted by molar-refractivity contribution is 9.10. The lowest BCUT2D eigenvalue weighted by atomic mass is 10.0. The standard InChI is InChI=1S/C24H19BrN2O2/c1-16(19-11-10-17-6-2-3-8-20(17)14-19)26-27-23(28)15-29-22-13-12-18-7-4-5-9-21(18)24(22)25/h2-14H,15H2,1H3,(H,27,28)/b26-16-. The van der Waals surface area contributed by atoms with Crippen molar-refractivity contribution < 1.29 is 9.53 Å². The lowest BCUT2D eigenvalue weighted by Gasteiger charge is -2.10. The van der Waals surface area contributed by atoms with E-state index in [0.29, 0.717) is 5.75 Å². The molecule has 1 N–H and O–H groups in total. The third-order valence-electron chi connectivity index (χ3n) is 4.70. The number of hydrogen-bond donors (Lipinski definition) is 1. The van der Waals surface area contributed by atoms with Crippen molar-refractivity contribution >= 4 is 49.1 Å². The average Bonchev–Trinajstić information content (AvgIpc) is 2.77. The topological polar surface area (TPSA) is 50.7 Å². The molecular weight excluding hydrogens is 428 g/mol. The van der Waals surface area contributed by atoms with Crippen LogP contribution >= 0.6 is 15.9 Å². The Morgan fingerprint density at radius 2 is 1.62 bits per heavy atom. The number of nitrogens with zero attached hydrogens (tertiary/aromatic N) is 1. The third-order valence-corrected chi connectivity index (χ3v) is 5.52. The maximum atomic E-state index is 12.2. The Hall–Kier alpha value is -3.18. The molecule has 0 fully saturated rings. The van der Waals surface area contributed by atoms with E-state index >= 15 is 0 Å². The Labute approximate surface area is 177 Å². The van der Waals surface area contributed by atoms with Crippen molar-refractivity contribution in [3.8, 4) is 5.75 Å². The smallest absolute Gasteiger partial charge is 0.277 e. The molecule has 0 radical (unpaired) electrons. The molecule has 0 bridgehead atoms. The van der Waals surface area contributed by atoms with E-state index in [-0.39, 0.29) is 12.5 Å². The second kappa shape index (κ2) is 8.45. The Bertz CT molecular complexity index is 1230. The first-order valence-electron chi connectivity index (χ1n) is 9.24. The normalized spacial score (nSPS) is 11.6. The first-order valence-corrected chi connectivity index (χ1v) is 10.0. The largest absolute Gasteiger partial charge is 0.483 e. The molecular formula is C24H19BrN2O2. The Balaban J connectivity index is 1.41. The van der Waals surface area contributed by atoms with Crippen molar-refractivity contribution in [3.63, 3.8) is 0 Å². The van der Waals surface area contributed by atoms with E-state index in [1.54, 1.807) is 0 Å². The van der Waals surface area contributed by atoms with E-state index in [1.807, 2.05) is 67.6 Å². The van der Waals surface area contributed by atoms with Crippen LogP contribution in [-0.4, -0.2) is 18.2 Å². The van der Waals surface area contributed by atoms with Gasteiger partial charge in [0, 0.05) is 0 Å². The van der Waals surface area contributed by atoms with Gasteiger partial charge >= 0.3 is 0 Å². The summed E-state index contributed by atoms with van der Waals surface area (Å²) in [6, 6.07) is 26.0. The van der Waals surface area contributed by atoms with Crippen molar-refractivity contribution in [3.05, 3.63) is 88.9 Å². The molecule has 0 heterocycles. The molecule has 4 nitrogen and oxygen atoms in total. The van der Waals surface area contributed by atoms with Crippen LogP contribution in [0.5, 0.6) is 5.75 Å². The van der Waals surface area contributed by atoms with E-state index in [4.69, 9.17) is 4.74 Å². The number of hydrogen-bond acceptors (Lipinski definition) is 3. The molecule has 0 aliphatic heterocycles.